The van der Waals surface area contributed by atoms with Crippen LogP contribution >= 0.6 is 0 Å². The molecule has 1 atom stereocenters. The van der Waals surface area contributed by atoms with Gasteiger partial charge < -0.3 is 29.2 Å². The molecule has 0 aromatic heterocycles. The van der Waals surface area contributed by atoms with E-state index in [0.29, 0.717) is 12.4 Å². The maximum atomic E-state index is 10.9. The summed E-state index contributed by atoms with van der Waals surface area (Å²) in [7, 11) is 1.58. The van der Waals surface area contributed by atoms with Crippen LogP contribution in [0.15, 0.2) is 42.5 Å². The quantitative estimate of drug-likeness (QED) is 0.673. The Hall–Kier alpha value is -2.93. The summed E-state index contributed by atoms with van der Waals surface area (Å²) >= 11 is 0. The molecule has 2 aromatic carbocycles. The van der Waals surface area contributed by atoms with Crippen LogP contribution in [0, 0.1) is 0 Å². The highest BCUT2D eigenvalue weighted by Crippen LogP contribution is 2.25. The third-order valence-electron chi connectivity index (χ3n) is 3.27. The molecular weight excluding hydrogens is 328 g/mol. The molecule has 0 saturated carbocycles. The van der Waals surface area contributed by atoms with E-state index in [1.54, 1.807) is 31.4 Å². The van der Waals surface area contributed by atoms with Crippen LogP contribution in [-0.4, -0.2) is 42.8 Å². The van der Waals surface area contributed by atoms with Gasteiger partial charge in [-0.25, -0.2) is 4.79 Å². The number of hydrogen-bond donors (Lipinski definition) is 2. The molecule has 0 heterocycles. The number of aromatic hydroxyl groups is 1. The molecule has 2 rings (SSSR count). The van der Waals surface area contributed by atoms with Crippen LogP contribution in [0.2, 0.25) is 0 Å². The number of rotatable bonds is 9. The second-order valence-electron chi connectivity index (χ2n) is 4.97. The van der Waals surface area contributed by atoms with E-state index in [1.807, 2.05) is 6.92 Å². The van der Waals surface area contributed by atoms with E-state index in [1.165, 1.54) is 18.2 Å². The SMILES string of the molecule is CCOC(COc1ccc(OC)cc1)Oc1ccc(C(=O)O)c(O)c1. The lowest BCUT2D eigenvalue weighted by Crippen LogP contribution is -2.28. The normalized spacial score (nSPS) is 11.6. The highest BCUT2D eigenvalue weighted by Gasteiger charge is 2.15. The van der Waals surface area contributed by atoms with Gasteiger partial charge >= 0.3 is 5.97 Å². The molecule has 0 aliphatic heterocycles. The van der Waals surface area contributed by atoms with Crippen LogP contribution in [0.3, 0.4) is 0 Å². The summed E-state index contributed by atoms with van der Waals surface area (Å²) in [6.45, 7) is 2.33. The van der Waals surface area contributed by atoms with E-state index in [-0.39, 0.29) is 23.7 Å². The van der Waals surface area contributed by atoms with Crippen molar-refractivity contribution in [2.75, 3.05) is 20.3 Å². The lowest BCUT2D eigenvalue weighted by atomic mass is 10.2. The summed E-state index contributed by atoms with van der Waals surface area (Å²) in [5.41, 5.74) is -0.199. The summed E-state index contributed by atoms with van der Waals surface area (Å²) in [5, 5.41) is 18.6. The van der Waals surface area contributed by atoms with Gasteiger partial charge in [0.1, 0.15) is 28.6 Å². The molecule has 0 aliphatic carbocycles. The number of carbonyl (C=O) groups is 1. The van der Waals surface area contributed by atoms with Crippen molar-refractivity contribution >= 4 is 5.97 Å². The molecule has 25 heavy (non-hydrogen) atoms. The number of hydrogen-bond acceptors (Lipinski definition) is 6. The van der Waals surface area contributed by atoms with E-state index in [9.17, 15) is 9.90 Å². The number of carboxylic acid groups (broad SMARTS) is 1. The third-order valence-corrected chi connectivity index (χ3v) is 3.27. The number of aromatic carboxylic acids is 1. The van der Waals surface area contributed by atoms with Gasteiger partial charge in [-0.15, -0.1) is 0 Å². The van der Waals surface area contributed by atoms with Gasteiger partial charge in [0, 0.05) is 12.7 Å². The highest BCUT2D eigenvalue weighted by molar-refractivity contribution is 5.90. The molecule has 0 spiro atoms. The fourth-order valence-corrected chi connectivity index (χ4v) is 2.06. The molecule has 7 nitrogen and oxygen atoms in total. The molecule has 2 N–H and O–H groups in total. The highest BCUT2D eigenvalue weighted by atomic mass is 16.7. The van der Waals surface area contributed by atoms with Crippen molar-refractivity contribution < 1.29 is 34.0 Å². The molecule has 0 amide bonds. The van der Waals surface area contributed by atoms with Gasteiger partial charge in [0.2, 0.25) is 6.29 Å². The van der Waals surface area contributed by atoms with Crippen LogP contribution in [0.1, 0.15) is 17.3 Å². The van der Waals surface area contributed by atoms with Crippen molar-refractivity contribution in [3.8, 4) is 23.0 Å². The van der Waals surface area contributed by atoms with Crippen molar-refractivity contribution in [1.82, 2.24) is 0 Å². The van der Waals surface area contributed by atoms with Crippen molar-refractivity contribution in [1.29, 1.82) is 0 Å². The van der Waals surface area contributed by atoms with Gasteiger partial charge in [-0.3, -0.25) is 0 Å². The zero-order valence-electron chi connectivity index (χ0n) is 14.0. The smallest absolute Gasteiger partial charge is 0.339 e. The summed E-state index contributed by atoms with van der Waals surface area (Å²) in [5.74, 6) is 0.0287. The second-order valence-corrected chi connectivity index (χ2v) is 4.97. The van der Waals surface area contributed by atoms with E-state index in [2.05, 4.69) is 0 Å². The minimum Gasteiger partial charge on any atom is -0.507 e. The summed E-state index contributed by atoms with van der Waals surface area (Å²) in [6.07, 6.45) is -0.720. The lowest BCUT2D eigenvalue weighted by molar-refractivity contribution is -0.0972. The maximum absolute atomic E-state index is 10.9. The first-order valence-electron chi connectivity index (χ1n) is 7.65. The Morgan fingerprint density at radius 3 is 2.28 bits per heavy atom. The lowest BCUT2D eigenvalue weighted by Gasteiger charge is -2.19. The first-order valence-corrected chi connectivity index (χ1v) is 7.65. The maximum Gasteiger partial charge on any atom is 0.339 e. The van der Waals surface area contributed by atoms with Gasteiger partial charge in [0.05, 0.1) is 7.11 Å². The number of benzene rings is 2. The number of phenols is 1. The van der Waals surface area contributed by atoms with E-state index < -0.39 is 12.3 Å². The molecule has 1 unspecified atom stereocenters. The average Bonchev–Trinajstić information content (AvgIpc) is 2.60. The summed E-state index contributed by atoms with van der Waals surface area (Å²) in [6, 6.07) is 11.0. The predicted molar refractivity (Wildman–Crippen MR) is 89.6 cm³/mol. The van der Waals surface area contributed by atoms with Crippen LogP contribution in [-0.2, 0) is 4.74 Å². The standard InChI is InChI=1S/C18H20O7/c1-3-23-17(11-24-13-6-4-12(22-2)5-7-13)25-14-8-9-15(18(20)21)16(19)10-14/h4-10,17,19H,3,11H2,1-2H3,(H,20,21). The van der Waals surface area contributed by atoms with E-state index in [4.69, 9.17) is 24.1 Å². The first-order chi connectivity index (χ1) is 12.0. The van der Waals surface area contributed by atoms with E-state index >= 15 is 0 Å². The third kappa shape index (κ3) is 5.29. The number of carboxylic acids is 1. The van der Waals surface area contributed by atoms with Gasteiger partial charge in [0.25, 0.3) is 0 Å². The fourth-order valence-electron chi connectivity index (χ4n) is 2.06. The van der Waals surface area contributed by atoms with Crippen molar-refractivity contribution in [2.45, 2.75) is 13.2 Å². The van der Waals surface area contributed by atoms with Crippen molar-refractivity contribution in [3.05, 3.63) is 48.0 Å². The van der Waals surface area contributed by atoms with Crippen LogP contribution < -0.4 is 14.2 Å². The Morgan fingerprint density at radius 2 is 1.72 bits per heavy atom. The molecule has 0 radical (unpaired) electrons. The zero-order valence-corrected chi connectivity index (χ0v) is 14.0. The summed E-state index contributed by atoms with van der Waals surface area (Å²) in [4.78, 5) is 10.9. The molecule has 0 saturated heterocycles. The van der Waals surface area contributed by atoms with Gasteiger partial charge in [0.15, 0.2) is 6.61 Å². The number of methoxy groups -OCH3 is 1. The average molecular weight is 348 g/mol. The molecule has 0 fully saturated rings. The first kappa shape index (κ1) is 18.4. The Labute approximate surface area is 145 Å². The molecule has 0 aliphatic rings. The van der Waals surface area contributed by atoms with Gasteiger partial charge in [-0.1, -0.05) is 0 Å². The van der Waals surface area contributed by atoms with E-state index in [0.717, 1.165) is 5.75 Å². The Morgan fingerprint density at radius 1 is 1.08 bits per heavy atom. The van der Waals surface area contributed by atoms with Crippen LogP contribution in [0.25, 0.3) is 0 Å². The minimum atomic E-state index is -1.21. The van der Waals surface area contributed by atoms with Crippen molar-refractivity contribution in [3.63, 3.8) is 0 Å². The topological polar surface area (TPSA) is 94.5 Å². The molecule has 134 valence electrons. The Bertz CT molecular complexity index is 697. The fraction of sp³-hybridized carbons (Fsp3) is 0.278. The van der Waals surface area contributed by atoms with Crippen LogP contribution in [0.4, 0.5) is 0 Å². The zero-order chi connectivity index (χ0) is 18.2. The Kier molecular flexibility index (Phi) is 6.47. The minimum absolute atomic E-state index is 0.113. The predicted octanol–water partition coefficient (Wildman–Crippen LogP) is 2.92. The molecule has 7 heteroatoms. The largest absolute Gasteiger partial charge is 0.507 e. The molecule has 0 bridgehead atoms. The second kappa shape index (κ2) is 8.79. The monoisotopic (exact) mass is 348 g/mol. The number of ether oxygens (including phenoxy) is 4. The Balaban J connectivity index is 1.99. The van der Waals surface area contributed by atoms with Crippen molar-refractivity contribution in [2.24, 2.45) is 0 Å². The molecule has 2 aromatic rings. The molecular formula is C18H20O7. The summed E-state index contributed by atoms with van der Waals surface area (Å²) < 4.78 is 21.8. The van der Waals surface area contributed by atoms with Gasteiger partial charge in [-0.05, 0) is 43.3 Å². The van der Waals surface area contributed by atoms with Crippen LogP contribution in [0.5, 0.6) is 23.0 Å². The van der Waals surface area contributed by atoms with Gasteiger partial charge in [-0.2, -0.15) is 0 Å².